The molecule has 112 valence electrons. The van der Waals surface area contributed by atoms with Crippen molar-refractivity contribution in [3.63, 3.8) is 0 Å². The van der Waals surface area contributed by atoms with Crippen LogP contribution < -0.4 is 10.1 Å². The number of rotatable bonds is 4. The topological polar surface area (TPSA) is 21.3 Å². The molecule has 0 saturated heterocycles. The van der Waals surface area contributed by atoms with Gasteiger partial charge in [-0.25, -0.2) is 0 Å². The van der Waals surface area contributed by atoms with Crippen molar-refractivity contribution in [2.75, 3.05) is 7.11 Å². The molecule has 20 heavy (non-hydrogen) atoms. The summed E-state index contributed by atoms with van der Waals surface area (Å²) in [6.45, 7) is 9.43. The van der Waals surface area contributed by atoms with E-state index in [1.54, 1.807) is 7.11 Å². The third-order valence-corrected chi connectivity index (χ3v) is 4.75. The second kappa shape index (κ2) is 6.17. The Kier molecular flexibility index (Phi) is 4.74. The Morgan fingerprint density at radius 1 is 1.35 bits per heavy atom. The molecule has 1 fully saturated rings. The predicted octanol–water partition coefficient (Wildman–Crippen LogP) is 4.56. The molecule has 0 bridgehead atoms. The zero-order valence-electron chi connectivity index (χ0n) is 13.6. The predicted molar refractivity (Wildman–Crippen MR) is 85.1 cm³/mol. The number of hydrogen-bond donors (Lipinski definition) is 1. The minimum Gasteiger partial charge on any atom is -0.497 e. The molecule has 1 aliphatic rings. The average molecular weight is 275 g/mol. The first-order valence-electron chi connectivity index (χ1n) is 7.81. The highest BCUT2D eigenvalue weighted by atomic mass is 16.5. The van der Waals surface area contributed by atoms with Gasteiger partial charge >= 0.3 is 0 Å². The maximum atomic E-state index is 5.32. The maximum Gasteiger partial charge on any atom is 0.119 e. The Morgan fingerprint density at radius 3 is 2.75 bits per heavy atom. The Balaban J connectivity index is 1.99. The summed E-state index contributed by atoms with van der Waals surface area (Å²) in [4.78, 5) is 0. The fraction of sp³-hybridized carbons (Fsp3) is 0.667. The smallest absolute Gasteiger partial charge is 0.119 e. The van der Waals surface area contributed by atoms with Crippen LogP contribution in [0, 0.1) is 11.3 Å². The van der Waals surface area contributed by atoms with Gasteiger partial charge in [-0.15, -0.1) is 0 Å². The van der Waals surface area contributed by atoms with Gasteiger partial charge in [-0.05, 0) is 55.2 Å². The van der Waals surface area contributed by atoms with Crippen molar-refractivity contribution < 1.29 is 4.74 Å². The van der Waals surface area contributed by atoms with E-state index in [1.165, 1.54) is 24.8 Å². The maximum absolute atomic E-state index is 5.32. The van der Waals surface area contributed by atoms with Gasteiger partial charge in [0.05, 0.1) is 7.11 Å². The minimum atomic E-state index is 0.374. The molecular formula is C18H29NO. The van der Waals surface area contributed by atoms with Crippen molar-refractivity contribution in [2.45, 2.75) is 59.0 Å². The van der Waals surface area contributed by atoms with E-state index in [0.29, 0.717) is 17.5 Å². The lowest BCUT2D eigenvalue weighted by Gasteiger charge is -2.40. The molecule has 3 unspecified atom stereocenters. The zero-order valence-corrected chi connectivity index (χ0v) is 13.6. The van der Waals surface area contributed by atoms with Gasteiger partial charge in [0.2, 0.25) is 0 Å². The van der Waals surface area contributed by atoms with E-state index in [0.717, 1.165) is 11.7 Å². The number of benzene rings is 1. The second-order valence-corrected chi connectivity index (χ2v) is 7.16. The molecule has 2 nitrogen and oxygen atoms in total. The van der Waals surface area contributed by atoms with Gasteiger partial charge in [-0.1, -0.05) is 32.9 Å². The van der Waals surface area contributed by atoms with Crippen LogP contribution in [0.15, 0.2) is 24.3 Å². The molecule has 0 spiro atoms. The summed E-state index contributed by atoms with van der Waals surface area (Å²) in [5, 5.41) is 3.82. The third kappa shape index (κ3) is 3.76. The second-order valence-electron chi connectivity index (χ2n) is 7.16. The van der Waals surface area contributed by atoms with E-state index in [9.17, 15) is 0 Å². The first-order chi connectivity index (χ1) is 9.41. The van der Waals surface area contributed by atoms with Gasteiger partial charge in [0, 0.05) is 12.1 Å². The molecular weight excluding hydrogens is 246 g/mol. The molecule has 2 rings (SSSR count). The molecule has 0 aromatic heterocycles. The lowest BCUT2D eigenvalue weighted by atomic mass is 9.70. The molecule has 0 radical (unpaired) electrons. The highest BCUT2D eigenvalue weighted by Gasteiger charge is 2.32. The highest BCUT2D eigenvalue weighted by molar-refractivity contribution is 5.30. The molecule has 3 atom stereocenters. The average Bonchev–Trinajstić information content (AvgIpc) is 2.41. The highest BCUT2D eigenvalue weighted by Crippen LogP contribution is 2.39. The molecule has 2 heteroatoms. The Morgan fingerprint density at radius 2 is 2.10 bits per heavy atom. The minimum absolute atomic E-state index is 0.374. The molecule has 1 aliphatic carbocycles. The summed E-state index contributed by atoms with van der Waals surface area (Å²) in [7, 11) is 1.72. The lowest BCUT2D eigenvalue weighted by molar-refractivity contribution is 0.143. The van der Waals surface area contributed by atoms with E-state index in [1.807, 2.05) is 6.07 Å². The molecule has 1 N–H and O–H groups in total. The largest absolute Gasteiger partial charge is 0.497 e. The molecule has 0 amide bonds. The van der Waals surface area contributed by atoms with Crippen molar-refractivity contribution >= 4 is 0 Å². The third-order valence-electron chi connectivity index (χ3n) is 4.75. The van der Waals surface area contributed by atoms with Crippen LogP contribution in [0.25, 0.3) is 0 Å². The summed E-state index contributed by atoms with van der Waals surface area (Å²) in [6.07, 6.45) is 3.91. The van der Waals surface area contributed by atoms with E-state index in [-0.39, 0.29) is 0 Å². The van der Waals surface area contributed by atoms with Gasteiger partial charge in [-0.3, -0.25) is 0 Å². The van der Waals surface area contributed by atoms with Crippen LogP contribution in [0.4, 0.5) is 0 Å². The summed E-state index contributed by atoms with van der Waals surface area (Å²) >= 11 is 0. The zero-order chi connectivity index (χ0) is 14.8. The number of methoxy groups -OCH3 is 1. The molecule has 1 aromatic rings. The molecule has 1 saturated carbocycles. The van der Waals surface area contributed by atoms with Crippen LogP contribution in [0.5, 0.6) is 5.75 Å². The van der Waals surface area contributed by atoms with Gasteiger partial charge < -0.3 is 10.1 Å². The van der Waals surface area contributed by atoms with Crippen LogP contribution in [-0.4, -0.2) is 13.2 Å². The molecule has 1 aromatic carbocycles. The van der Waals surface area contributed by atoms with Crippen LogP contribution >= 0.6 is 0 Å². The van der Waals surface area contributed by atoms with Crippen molar-refractivity contribution in [1.29, 1.82) is 0 Å². The quantitative estimate of drug-likeness (QED) is 0.869. The van der Waals surface area contributed by atoms with Gasteiger partial charge in [0.1, 0.15) is 5.75 Å². The first kappa shape index (κ1) is 15.4. The van der Waals surface area contributed by atoms with E-state index in [4.69, 9.17) is 4.74 Å². The fourth-order valence-corrected chi connectivity index (χ4v) is 3.52. The van der Waals surface area contributed by atoms with Crippen molar-refractivity contribution in [1.82, 2.24) is 5.32 Å². The number of nitrogens with one attached hydrogen (secondary N) is 1. The van der Waals surface area contributed by atoms with Crippen LogP contribution in [-0.2, 0) is 0 Å². The van der Waals surface area contributed by atoms with Gasteiger partial charge in [0.25, 0.3) is 0 Å². The van der Waals surface area contributed by atoms with E-state index >= 15 is 0 Å². The monoisotopic (exact) mass is 275 g/mol. The Hall–Kier alpha value is -1.02. The fourth-order valence-electron chi connectivity index (χ4n) is 3.52. The normalized spacial score (nSPS) is 27.1. The standard InChI is InChI=1S/C18H29NO/c1-13-12-18(3,4)10-9-17(13)19-14(2)15-7-6-8-16(11-15)20-5/h6-8,11,13-14,17,19H,9-10,12H2,1-5H3. The van der Waals surface area contributed by atoms with E-state index in [2.05, 4.69) is 51.2 Å². The van der Waals surface area contributed by atoms with Crippen LogP contribution in [0.2, 0.25) is 0 Å². The summed E-state index contributed by atoms with van der Waals surface area (Å²) in [5.41, 5.74) is 1.82. The molecule has 0 heterocycles. The Bertz CT molecular complexity index is 441. The van der Waals surface area contributed by atoms with Crippen LogP contribution in [0.1, 0.15) is 58.6 Å². The van der Waals surface area contributed by atoms with E-state index < -0.39 is 0 Å². The number of hydrogen-bond acceptors (Lipinski definition) is 2. The summed E-state index contributed by atoms with van der Waals surface area (Å²) in [5.74, 6) is 1.68. The summed E-state index contributed by atoms with van der Waals surface area (Å²) in [6, 6.07) is 9.39. The van der Waals surface area contributed by atoms with Crippen molar-refractivity contribution in [3.05, 3.63) is 29.8 Å². The van der Waals surface area contributed by atoms with Gasteiger partial charge in [0.15, 0.2) is 0 Å². The Labute approximate surface area is 123 Å². The van der Waals surface area contributed by atoms with Gasteiger partial charge in [-0.2, -0.15) is 0 Å². The lowest BCUT2D eigenvalue weighted by Crippen LogP contribution is -2.42. The molecule has 0 aliphatic heterocycles. The van der Waals surface area contributed by atoms with Crippen molar-refractivity contribution in [3.8, 4) is 5.75 Å². The first-order valence-corrected chi connectivity index (χ1v) is 7.81. The number of ether oxygens (including phenoxy) is 1. The summed E-state index contributed by atoms with van der Waals surface area (Å²) < 4.78 is 5.32. The van der Waals surface area contributed by atoms with Crippen molar-refractivity contribution in [2.24, 2.45) is 11.3 Å². The van der Waals surface area contributed by atoms with Crippen LogP contribution in [0.3, 0.4) is 0 Å². The SMILES string of the molecule is COc1cccc(C(C)NC2CCC(C)(C)CC2C)c1.